The predicted molar refractivity (Wildman–Crippen MR) is 98.5 cm³/mol. The molecule has 3 rings (SSSR count). The van der Waals surface area contributed by atoms with E-state index in [1.165, 1.54) is 11.3 Å². The van der Waals surface area contributed by atoms with Crippen LogP contribution >= 0.6 is 11.3 Å². The quantitative estimate of drug-likeness (QED) is 0.762. The summed E-state index contributed by atoms with van der Waals surface area (Å²) in [5.74, 6) is -1.08. The highest BCUT2D eigenvalue weighted by Gasteiger charge is 2.34. The standard InChI is InChI=1S/C18H20N4O3S/c19-15(23)9-14-11-26-18(20-14)21-17(25)13-8-16(24)22(10-13)7-6-12-4-2-1-3-5-12/h1-5,11,13H,6-10H2,(H2,19,23)(H,20,21,25)/t13-/m1/s1. The second-order valence-electron chi connectivity index (χ2n) is 6.25. The van der Waals surface area contributed by atoms with Crippen molar-refractivity contribution in [2.75, 3.05) is 18.4 Å². The smallest absolute Gasteiger partial charge is 0.231 e. The van der Waals surface area contributed by atoms with E-state index in [0.717, 1.165) is 12.0 Å². The molecule has 1 fully saturated rings. The SMILES string of the molecule is NC(=O)Cc1csc(NC(=O)[C@@H]2CC(=O)N(CCc3ccccc3)C2)n1. The number of hydrogen-bond acceptors (Lipinski definition) is 5. The van der Waals surface area contributed by atoms with Gasteiger partial charge in [-0.15, -0.1) is 11.3 Å². The molecule has 1 aliphatic heterocycles. The zero-order valence-corrected chi connectivity index (χ0v) is 15.0. The van der Waals surface area contributed by atoms with E-state index in [4.69, 9.17) is 5.73 Å². The summed E-state index contributed by atoms with van der Waals surface area (Å²) in [6.45, 7) is 1.02. The molecule has 8 heteroatoms. The Balaban J connectivity index is 1.51. The van der Waals surface area contributed by atoms with Gasteiger partial charge in [-0.05, 0) is 12.0 Å². The summed E-state index contributed by atoms with van der Waals surface area (Å²) in [5, 5.41) is 4.83. The van der Waals surface area contributed by atoms with E-state index in [-0.39, 0.29) is 30.6 Å². The number of rotatable bonds is 7. The number of carbonyl (C=O) groups excluding carboxylic acids is 3. The monoisotopic (exact) mass is 372 g/mol. The maximum atomic E-state index is 12.4. The van der Waals surface area contributed by atoms with Crippen molar-refractivity contribution >= 4 is 34.2 Å². The molecule has 3 amide bonds. The van der Waals surface area contributed by atoms with Gasteiger partial charge in [-0.2, -0.15) is 0 Å². The number of benzene rings is 1. The molecule has 26 heavy (non-hydrogen) atoms. The van der Waals surface area contributed by atoms with E-state index in [2.05, 4.69) is 10.3 Å². The lowest BCUT2D eigenvalue weighted by Crippen LogP contribution is -2.30. The lowest BCUT2D eigenvalue weighted by atomic mass is 10.1. The van der Waals surface area contributed by atoms with Crippen LogP contribution in [0.2, 0.25) is 0 Å². The molecule has 0 saturated carbocycles. The fourth-order valence-electron chi connectivity index (χ4n) is 2.90. The molecule has 1 aliphatic rings. The van der Waals surface area contributed by atoms with Crippen LogP contribution in [0.4, 0.5) is 5.13 Å². The van der Waals surface area contributed by atoms with Gasteiger partial charge in [0.2, 0.25) is 17.7 Å². The molecule has 3 N–H and O–H groups in total. The van der Waals surface area contributed by atoms with Crippen LogP contribution in [0.1, 0.15) is 17.7 Å². The van der Waals surface area contributed by atoms with E-state index >= 15 is 0 Å². The fraction of sp³-hybridized carbons (Fsp3) is 0.333. The van der Waals surface area contributed by atoms with Crippen LogP contribution in [-0.4, -0.2) is 40.7 Å². The summed E-state index contributed by atoms with van der Waals surface area (Å²) in [6.07, 6.45) is 1.02. The second kappa shape index (κ2) is 8.09. The van der Waals surface area contributed by atoms with Gasteiger partial charge in [0.05, 0.1) is 18.0 Å². The molecule has 1 aromatic carbocycles. The van der Waals surface area contributed by atoms with Crippen LogP contribution in [0.15, 0.2) is 35.7 Å². The maximum absolute atomic E-state index is 12.4. The van der Waals surface area contributed by atoms with Gasteiger partial charge >= 0.3 is 0 Å². The molecule has 1 atom stereocenters. The lowest BCUT2D eigenvalue weighted by Gasteiger charge is -2.16. The van der Waals surface area contributed by atoms with Gasteiger partial charge in [0.1, 0.15) is 0 Å². The van der Waals surface area contributed by atoms with Crippen molar-refractivity contribution < 1.29 is 14.4 Å². The van der Waals surface area contributed by atoms with Crippen LogP contribution in [0, 0.1) is 5.92 Å². The Hall–Kier alpha value is -2.74. The molecule has 0 bridgehead atoms. The maximum Gasteiger partial charge on any atom is 0.231 e. The molecule has 2 aromatic rings. The van der Waals surface area contributed by atoms with Crippen molar-refractivity contribution in [1.29, 1.82) is 0 Å². The summed E-state index contributed by atoms with van der Waals surface area (Å²) in [6, 6.07) is 9.95. The van der Waals surface area contributed by atoms with Gasteiger partial charge in [0.25, 0.3) is 0 Å². The first-order chi connectivity index (χ1) is 12.5. The molecule has 1 aromatic heterocycles. The first-order valence-corrected chi connectivity index (χ1v) is 9.24. The molecule has 136 valence electrons. The first-order valence-electron chi connectivity index (χ1n) is 8.36. The summed E-state index contributed by atoms with van der Waals surface area (Å²) in [4.78, 5) is 41.4. The highest BCUT2D eigenvalue weighted by atomic mass is 32.1. The van der Waals surface area contributed by atoms with Crippen LogP contribution < -0.4 is 11.1 Å². The van der Waals surface area contributed by atoms with Crippen molar-refractivity contribution in [3.05, 3.63) is 47.0 Å². The van der Waals surface area contributed by atoms with Crippen molar-refractivity contribution in [3.63, 3.8) is 0 Å². The first kappa shape index (κ1) is 18.1. The Morgan fingerprint density at radius 3 is 2.81 bits per heavy atom. The number of nitrogens with zero attached hydrogens (tertiary/aromatic N) is 2. The topological polar surface area (TPSA) is 105 Å². The van der Waals surface area contributed by atoms with Gasteiger partial charge in [-0.3, -0.25) is 14.4 Å². The Bertz CT molecular complexity index is 806. The summed E-state index contributed by atoms with van der Waals surface area (Å²) >= 11 is 1.24. The molecule has 0 spiro atoms. The third-order valence-corrected chi connectivity index (χ3v) is 5.04. The zero-order chi connectivity index (χ0) is 18.5. The third-order valence-electron chi connectivity index (χ3n) is 4.24. The number of likely N-dealkylation sites (tertiary alicyclic amines) is 1. The number of hydrogen-bond donors (Lipinski definition) is 2. The van der Waals surface area contributed by atoms with E-state index < -0.39 is 5.91 Å². The summed E-state index contributed by atoms with van der Waals surface area (Å²) in [7, 11) is 0. The van der Waals surface area contributed by atoms with Crippen LogP contribution in [-0.2, 0) is 27.2 Å². The minimum absolute atomic E-state index is 0.00497. The average Bonchev–Trinajstić information content (AvgIpc) is 3.20. The average molecular weight is 372 g/mol. The van der Waals surface area contributed by atoms with Crippen LogP contribution in [0.25, 0.3) is 0 Å². The van der Waals surface area contributed by atoms with E-state index in [9.17, 15) is 14.4 Å². The number of aromatic nitrogens is 1. The number of carbonyl (C=O) groups is 3. The molecule has 1 saturated heterocycles. The highest BCUT2D eigenvalue weighted by Crippen LogP contribution is 2.22. The van der Waals surface area contributed by atoms with E-state index in [1.54, 1.807) is 10.3 Å². The fourth-order valence-corrected chi connectivity index (χ4v) is 3.62. The van der Waals surface area contributed by atoms with E-state index in [0.29, 0.717) is 23.9 Å². The van der Waals surface area contributed by atoms with Crippen molar-refractivity contribution in [2.24, 2.45) is 11.7 Å². The van der Waals surface area contributed by atoms with Gasteiger partial charge in [0.15, 0.2) is 5.13 Å². The third kappa shape index (κ3) is 4.66. The number of anilines is 1. The molecule has 0 unspecified atom stereocenters. The van der Waals surface area contributed by atoms with Crippen LogP contribution in [0.5, 0.6) is 0 Å². The number of thiazole rings is 1. The van der Waals surface area contributed by atoms with Crippen molar-refractivity contribution in [3.8, 4) is 0 Å². The largest absolute Gasteiger partial charge is 0.369 e. The number of nitrogens with two attached hydrogens (primary N) is 1. The van der Waals surface area contributed by atoms with Gasteiger partial charge in [-0.25, -0.2) is 4.98 Å². The number of amides is 3. The molecule has 0 aliphatic carbocycles. The minimum Gasteiger partial charge on any atom is -0.369 e. The normalized spacial score (nSPS) is 16.7. The molecule has 2 heterocycles. The zero-order valence-electron chi connectivity index (χ0n) is 14.2. The Morgan fingerprint density at radius 1 is 1.31 bits per heavy atom. The van der Waals surface area contributed by atoms with Crippen LogP contribution in [0.3, 0.4) is 0 Å². The molecule has 7 nitrogen and oxygen atoms in total. The van der Waals surface area contributed by atoms with E-state index in [1.807, 2.05) is 30.3 Å². The van der Waals surface area contributed by atoms with Crippen molar-refractivity contribution in [1.82, 2.24) is 9.88 Å². The van der Waals surface area contributed by atoms with Gasteiger partial charge in [-0.1, -0.05) is 30.3 Å². The molecular weight excluding hydrogens is 352 g/mol. The minimum atomic E-state index is -0.469. The summed E-state index contributed by atoms with van der Waals surface area (Å²) in [5.41, 5.74) is 6.83. The Morgan fingerprint density at radius 2 is 2.08 bits per heavy atom. The number of primary amides is 1. The highest BCUT2D eigenvalue weighted by molar-refractivity contribution is 7.13. The van der Waals surface area contributed by atoms with Gasteiger partial charge in [0, 0.05) is 24.9 Å². The second-order valence-corrected chi connectivity index (χ2v) is 7.11. The van der Waals surface area contributed by atoms with Gasteiger partial charge < -0.3 is 16.0 Å². The molecule has 0 radical (unpaired) electrons. The Kier molecular flexibility index (Phi) is 5.62. The number of nitrogens with one attached hydrogen (secondary N) is 1. The molecular formula is C18H20N4O3S. The van der Waals surface area contributed by atoms with Crippen molar-refractivity contribution in [2.45, 2.75) is 19.3 Å². The summed E-state index contributed by atoms with van der Waals surface area (Å²) < 4.78 is 0. The Labute approximate surface area is 155 Å². The lowest BCUT2D eigenvalue weighted by molar-refractivity contribution is -0.128. The predicted octanol–water partition coefficient (Wildman–Crippen LogP) is 1.20.